The average Bonchev–Trinajstić information content (AvgIpc) is 2.46. The van der Waals surface area contributed by atoms with Crippen LogP contribution in [0.15, 0.2) is 30.3 Å². The average molecular weight is 318 g/mol. The first-order valence-electron chi connectivity index (χ1n) is 7.14. The summed E-state index contributed by atoms with van der Waals surface area (Å²) < 4.78 is 5.69. The molecule has 0 aliphatic heterocycles. The van der Waals surface area contributed by atoms with Gasteiger partial charge in [-0.3, -0.25) is 4.79 Å². The molecule has 116 valence electrons. The second-order valence-corrected chi connectivity index (χ2v) is 5.88. The highest BCUT2D eigenvalue weighted by Crippen LogP contribution is 2.26. The molecule has 22 heavy (non-hydrogen) atoms. The van der Waals surface area contributed by atoms with Gasteiger partial charge in [-0.2, -0.15) is 0 Å². The number of carbonyl (C=O) groups excluding carboxylic acids is 1. The maximum Gasteiger partial charge on any atom is 0.262 e. The molecule has 0 aromatic heterocycles. The molecule has 1 amide bonds. The van der Waals surface area contributed by atoms with Gasteiger partial charge in [0.2, 0.25) is 0 Å². The molecule has 0 radical (unpaired) electrons. The summed E-state index contributed by atoms with van der Waals surface area (Å²) in [6, 6.07) is 9.54. The number of amides is 1. The lowest BCUT2D eigenvalue weighted by Crippen LogP contribution is -2.21. The zero-order valence-corrected chi connectivity index (χ0v) is 14.0. The van der Waals surface area contributed by atoms with Crippen LogP contribution in [0.5, 0.6) is 5.75 Å². The van der Waals surface area contributed by atoms with Gasteiger partial charge in [0.1, 0.15) is 5.75 Å². The van der Waals surface area contributed by atoms with Crippen molar-refractivity contribution in [2.24, 2.45) is 0 Å². The van der Waals surface area contributed by atoms with Crippen molar-refractivity contribution in [1.29, 1.82) is 0 Å². The highest BCUT2D eigenvalue weighted by molar-refractivity contribution is 6.33. The fraction of sp³-hybridized carbons (Fsp3) is 0.278. The Hall–Kier alpha value is -2.00. The number of halogens is 1. The van der Waals surface area contributed by atoms with Crippen LogP contribution in [0.4, 0.5) is 5.69 Å². The zero-order chi connectivity index (χ0) is 16.3. The van der Waals surface area contributed by atoms with Crippen LogP contribution < -0.4 is 10.1 Å². The lowest BCUT2D eigenvalue weighted by Gasteiger charge is -2.14. The Balaban J connectivity index is 2.03. The molecule has 0 bridgehead atoms. The molecule has 0 saturated heterocycles. The Bertz CT molecular complexity index is 710. The minimum absolute atomic E-state index is 0.0463. The Labute approximate surface area is 136 Å². The number of benzene rings is 2. The predicted molar refractivity (Wildman–Crippen MR) is 91.0 cm³/mol. The Morgan fingerprint density at radius 1 is 1.09 bits per heavy atom. The molecule has 0 aliphatic carbocycles. The van der Waals surface area contributed by atoms with Gasteiger partial charge in [-0.1, -0.05) is 29.8 Å². The minimum Gasteiger partial charge on any atom is -0.483 e. The molecule has 0 heterocycles. The molecule has 3 nitrogen and oxygen atoms in total. The first kappa shape index (κ1) is 16.4. The molecule has 2 aromatic rings. The minimum atomic E-state index is -0.231. The summed E-state index contributed by atoms with van der Waals surface area (Å²) in [5.74, 6) is 0.538. The first-order valence-corrected chi connectivity index (χ1v) is 7.52. The van der Waals surface area contributed by atoms with Crippen molar-refractivity contribution in [3.8, 4) is 5.75 Å². The summed E-state index contributed by atoms with van der Waals surface area (Å²) in [6.07, 6.45) is 0. The van der Waals surface area contributed by atoms with Crippen LogP contribution in [0.1, 0.15) is 22.3 Å². The zero-order valence-electron chi connectivity index (χ0n) is 13.3. The van der Waals surface area contributed by atoms with Gasteiger partial charge in [0.05, 0.1) is 10.7 Å². The van der Waals surface area contributed by atoms with Crippen molar-refractivity contribution in [3.05, 3.63) is 57.6 Å². The van der Waals surface area contributed by atoms with E-state index in [1.807, 2.05) is 52.0 Å². The van der Waals surface area contributed by atoms with E-state index in [4.69, 9.17) is 16.3 Å². The number of anilines is 1. The summed E-state index contributed by atoms with van der Waals surface area (Å²) in [6.45, 7) is 7.88. The van der Waals surface area contributed by atoms with E-state index in [1.165, 1.54) is 0 Å². The second-order valence-electron chi connectivity index (χ2n) is 5.47. The molecule has 0 atom stereocenters. The van der Waals surface area contributed by atoms with Crippen molar-refractivity contribution in [2.45, 2.75) is 27.7 Å². The van der Waals surface area contributed by atoms with Crippen LogP contribution in [-0.4, -0.2) is 12.5 Å². The maximum atomic E-state index is 12.0. The van der Waals surface area contributed by atoms with Crippen molar-refractivity contribution in [3.63, 3.8) is 0 Å². The van der Waals surface area contributed by atoms with E-state index < -0.39 is 0 Å². The van der Waals surface area contributed by atoms with E-state index in [2.05, 4.69) is 5.32 Å². The van der Waals surface area contributed by atoms with Gasteiger partial charge in [-0.15, -0.1) is 0 Å². The van der Waals surface area contributed by atoms with Crippen LogP contribution in [0.25, 0.3) is 0 Å². The second kappa shape index (κ2) is 6.84. The van der Waals surface area contributed by atoms with Crippen molar-refractivity contribution in [2.75, 3.05) is 11.9 Å². The van der Waals surface area contributed by atoms with Crippen LogP contribution >= 0.6 is 11.6 Å². The SMILES string of the molecule is Cc1ccc(NC(=O)COc2c(C)ccc(C)c2C)c(Cl)c1. The molecule has 0 spiro atoms. The Morgan fingerprint density at radius 3 is 2.45 bits per heavy atom. The summed E-state index contributed by atoms with van der Waals surface area (Å²) >= 11 is 6.11. The lowest BCUT2D eigenvalue weighted by molar-refractivity contribution is -0.118. The normalized spacial score (nSPS) is 10.4. The molecule has 0 aliphatic rings. The van der Waals surface area contributed by atoms with Crippen LogP contribution in [-0.2, 0) is 4.79 Å². The monoisotopic (exact) mass is 317 g/mol. The van der Waals surface area contributed by atoms with E-state index in [1.54, 1.807) is 6.07 Å². The summed E-state index contributed by atoms with van der Waals surface area (Å²) in [4.78, 5) is 12.0. The van der Waals surface area contributed by atoms with Crippen LogP contribution in [0, 0.1) is 27.7 Å². The van der Waals surface area contributed by atoms with Crippen molar-refractivity contribution in [1.82, 2.24) is 0 Å². The Morgan fingerprint density at radius 2 is 1.77 bits per heavy atom. The number of ether oxygens (including phenoxy) is 1. The maximum absolute atomic E-state index is 12.0. The summed E-state index contributed by atoms with van der Waals surface area (Å²) in [5, 5.41) is 3.29. The molecular weight excluding hydrogens is 298 g/mol. The number of carbonyl (C=O) groups is 1. The van der Waals surface area contributed by atoms with Gasteiger partial charge >= 0.3 is 0 Å². The fourth-order valence-electron chi connectivity index (χ4n) is 2.19. The molecule has 0 fully saturated rings. The van der Waals surface area contributed by atoms with E-state index in [0.717, 1.165) is 28.0 Å². The molecule has 4 heteroatoms. The van der Waals surface area contributed by atoms with E-state index >= 15 is 0 Å². The summed E-state index contributed by atoms with van der Waals surface area (Å²) in [5.41, 5.74) is 4.86. The molecule has 0 saturated carbocycles. The summed E-state index contributed by atoms with van der Waals surface area (Å²) in [7, 11) is 0. The van der Waals surface area contributed by atoms with Gasteiger partial charge in [-0.25, -0.2) is 0 Å². The molecular formula is C18H20ClNO2. The smallest absolute Gasteiger partial charge is 0.262 e. The van der Waals surface area contributed by atoms with Gasteiger partial charge in [-0.05, 0) is 62.1 Å². The van der Waals surface area contributed by atoms with E-state index in [9.17, 15) is 4.79 Å². The third-order valence-corrected chi connectivity index (χ3v) is 3.93. The lowest BCUT2D eigenvalue weighted by atomic mass is 10.1. The number of rotatable bonds is 4. The van der Waals surface area contributed by atoms with Crippen LogP contribution in [0.2, 0.25) is 5.02 Å². The highest BCUT2D eigenvalue weighted by Gasteiger charge is 2.10. The van der Waals surface area contributed by atoms with Gasteiger partial charge in [0.15, 0.2) is 6.61 Å². The largest absolute Gasteiger partial charge is 0.483 e. The van der Waals surface area contributed by atoms with Gasteiger partial charge < -0.3 is 10.1 Å². The van der Waals surface area contributed by atoms with Crippen molar-refractivity contribution < 1.29 is 9.53 Å². The number of hydrogen-bond acceptors (Lipinski definition) is 2. The fourth-order valence-corrected chi connectivity index (χ4v) is 2.48. The number of aryl methyl sites for hydroxylation is 3. The first-order chi connectivity index (χ1) is 10.4. The molecule has 2 aromatic carbocycles. The van der Waals surface area contributed by atoms with Crippen molar-refractivity contribution >= 4 is 23.2 Å². The van der Waals surface area contributed by atoms with E-state index in [0.29, 0.717) is 10.7 Å². The third kappa shape index (κ3) is 3.80. The quantitative estimate of drug-likeness (QED) is 0.895. The highest BCUT2D eigenvalue weighted by atomic mass is 35.5. The topological polar surface area (TPSA) is 38.3 Å². The third-order valence-electron chi connectivity index (χ3n) is 3.62. The number of nitrogens with one attached hydrogen (secondary N) is 1. The molecule has 0 unspecified atom stereocenters. The van der Waals surface area contributed by atoms with Gasteiger partial charge in [0, 0.05) is 0 Å². The van der Waals surface area contributed by atoms with E-state index in [-0.39, 0.29) is 12.5 Å². The number of hydrogen-bond donors (Lipinski definition) is 1. The molecule has 2 rings (SSSR count). The van der Waals surface area contributed by atoms with Crippen LogP contribution in [0.3, 0.4) is 0 Å². The van der Waals surface area contributed by atoms with Gasteiger partial charge in [0.25, 0.3) is 5.91 Å². The predicted octanol–water partition coefficient (Wildman–Crippen LogP) is 4.59. The standard InChI is InChI=1S/C18H20ClNO2/c1-11-5-8-16(15(19)9-11)20-17(21)10-22-18-13(3)7-6-12(2)14(18)4/h5-9H,10H2,1-4H3,(H,20,21). The molecule has 1 N–H and O–H groups in total. The Kier molecular flexibility index (Phi) is 5.09.